The van der Waals surface area contributed by atoms with Crippen LogP contribution in [0.15, 0.2) is 54.7 Å². The van der Waals surface area contributed by atoms with Crippen LogP contribution in [0.4, 0.5) is 0 Å². The van der Waals surface area contributed by atoms with Gasteiger partial charge in [0, 0.05) is 24.2 Å². The number of benzene rings is 2. The number of nitrogens with zero attached hydrogens (tertiary/aromatic N) is 1. The van der Waals surface area contributed by atoms with Crippen LogP contribution in [0.25, 0.3) is 22.0 Å². The summed E-state index contributed by atoms with van der Waals surface area (Å²) in [5, 5.41) is 10.6. The van der Waals surface area contributed by atoms with Gasteiger partial charge < -0.3 is 9.67 Å². The van der Waals surface area contributed by atoms with Crippen LogP contribution in [-0.2, 0) is 7.05 Å². The van der Waals surface area contributed by atoms with Crippen LogP contribution >= 0.6 is 0 Å². The van der Waals surface area contributed by atoms with E-state index in [9.17, 15) is 5.11 Å². The van der Waals surface area contributed by atoms with Crippen molar-refractivity contribution in [2.75, 3.05) is 0 Å². The van der Waals surface area contributed by atoms with Crippen LogP contribution in [0.1, 0.15) is 0 Å². The van der Waals surface area contributed by atoms with Crippen LogP contribution in [0.3, 0.4) is 0 Å². The molecule has 0 aliphatic rings. The molecule has 0 spiro atoms. The fraction of sp³-hybridized carbons (Fsp3) is 0.0667. The summed E-state index contributed by atoms with van der Waals surface area (Å²) in [5.41, 5.74) is 3.53. The van der Waals surface area contributed by atoms with Gasteiger partial charge in [0.15, 0.2) is 0 Å². The first-order valence-corrected chi connectivity index (χ1v) is 5.59. The van der Waals surface area contributed by atoms with Gasteiger partial charge in [0.05, 0.1) is 5.52 Å². The number of hydrogen-bond acceptors (Lipinski definition) is 1. The highest BCUT2D eigenvalue weighted by atomic mass is 16.3. The van der Waals surface area contributed by atoms with E-state index in [-0.39, 0.29) is 0 Å². The third kappa shape index (κ3) is 1.58. The van der Waals surface area contributed by atoms with E-state index in [2.05, 4.69) is 35.0 Å². The number of para-hydroxylation sites is 1. The van der Waals surface area contributed by atoms with Gasteiger partial charge in [-0.3, -0.25) is 0 Å². The Morgan fingerprint density at radius 1 is 0.941 bits per heavy atom. The van der Waals surface area contributed by atoms with Crippen LogP contribution in [0, 0.1) is 0 Å². The van der Waals surface area contributed by atoms with Gasteiger partial charge in [-0.25, -0.2) is 0 Å². The van der Waals surface area contributed by atoms with Crippen molar-refractivity contribution in [1.29, 1.82) is 0 Å². The molecule has 0 atom stereocenters. The molecule has 0 aliphatic carbocycles. The van der Waals surface area contributed by atoms with E-state index in [1.54, 1.807) is 12.1 Å². The molecule has 0 saturated heterocycles. The van der Waals surface area contributed by atoms with Gasteiger partial charge in [-0.1, -0.05) is 30.3 Å². The van der Waals surface area contributed by atoms with Gasteiger partial charge in [-0.05, 0) is 23.8 Å². The van der Waals surface area contributed by atoms with Crippen molar-refractivity contribution in [3.05, 3.63) is 54.7 Å². The lowest BCUT2D eigenvalue weighted by Gasteiger charge is -2.06. The molecule has 0 amide bonds. The smallest absolute Gasteiger partial charge is 0.115 e. The Kier molecular flexibility index (Phi) is 2.15. The summed E-state index contributed by atoms with van der Waals surface area (Å²) in [6.45, 7) is 0. The fourth-order valence-corrected chi connectivity index (χ4v) is 2.23. The van der Waals surface area contributed by atoms with E-state index in [0.717, 1.165) is 5.56 Å². The summed E-state index contributed by atoms with van der Waals surface area (Å²) in [7, 11) is 2.05. The number of phenols is 1. The Bertz CT molecular complexity index is 665. The third-order valence-corrected chi connectivity index (χ3v) is 3.08. The number of aromatic nitrogens is 1. The van der Waals surface area contributed by atoms with Gasteiger partial charge in [0.25, 0.3) is 0 Å². The van der Waals surface area contributed by atoms with Crippen molar-refractivity contribution < 1.29 is 5.11 Å². The van der Waals surface area contributed by atoms with Gasteiger partial charge in [-0.15, -0.1) is 0 Å². The summed E-state index contributed by atoms with van der Waals surface area (Å²) < 4.78 is 2.12. The van der Waals surface area contributed by atoms with E-state index >= 15 is 0 Å². The quantitative estimate of drug-likeness (QED) is 0.670. The average molecular weight is 223 g/mol. The van der Waals surface area contributed by atoms with Crippen LogP contribution in [-0.4, -0.2) is 9.67 Å². The maximum absolute atomic E-state index is 9.33. The number of aryl methyl sites for hydroxylation is 1. The topological polar surface area (TPSA) is 25.2 Å². The third-order valence-electron chi connectivity index (χ3n) is 3.08. The summed E-state index contributed by atoms with van der Waals surface area (Å²) in [4.78, 5) is 0. The average Bonchev–Trinajstić information content (AvgIpc) is 2.73. The molecular weight excluding hydrogens is 210 g/mol. The lowest BCUT2D eigenvalue weighted by atomic mass is 10.0. The van der Waals surface area contributed by atoms with Crippen molar-refractivity contribution >= 4 is 10.9 Å². The van der Waals surface area contributed by atoms with Crippen molar-refractivity contribution in [3.63, 3.8) is 0 Å². The molecule has 0 unspecified atom stereocenters. The molecule has 1 N–H and O–H groups in total. The molecule has 3 aromatic rings. The maximum Gasteiger partial charge on any atom is 0.115 e. The fourth-order valence-electron chi connectivity index (χ4n) is 2.23. The normalized spacial score (nSPS) is 10.9. The van der Waals surface area contributed by atoms with Crippen molar-refractivity contribution in [2.45, 2.75) is 0 Å². The summed E-state index contributed by atoms with van der Waals surface area (Å²) in [6, 6.07) is 15.7. The van der Waals surface area contributed by atoms with Crippen LogP contribution < -0.4 is 0 Å². The first-order valence-electron chi connectivity index (χ1n) is 5.59. The summed E-state index contributed by atoms with van der Waals surface area (Å²) in [6.07, 6.45) is 2.06. The molecule has 1 aromatic heterocycles. The van der Waals surface area contributed by atoms with E-state index in [4.69, 9.17) is 0 Å². The van der Waals surface area contributed by atoms with E-state index in [1.807, 2.05) is 19.2 Å². The van der Waals surface area contributed by atoms with E-state index in [1.165, 1.54) is 16.5 Å². The minimum Gasteiger partial charge on any atom is -0.508 e. The van der Waals surface area contributed by atoms with Crippen molar-refractivity contribution in [1.82, 2.24) is 4.57 Å². The largest absolute Gasteiger partial charge is 0.508 e. The van der Waals surface area contributed by atoms with E-state index < -0.39 is 0 Å². The van der Waals surface area contributed by atoms with Gasteiger partial charge >= 0.3 is 0 Å². The predicted molar refractivity (Wildman–Crippen MR) is 70.0 cm³/mol. The highest BCUT2D eigenvalue weighted by Crippen LogP contribution is 2.29. The molecule has 84 valence electrons. The molecule has 2 nitrogen and oxygen atoms in total. The molecule has 0 fully saturated rings. The van der Waals surface area contributed by atoms with Crippen LogP contribution in [0.5, 0.6) is 5.75 Å². The highest BCUT2D eigenvalue weighted by molar-refractivity contribution is 5.94. The zero-order chi connectivity index (χ0) is 11.8. The Morgan fingerprint density at radius 2 is 1.71 bits per heavy atom. The lowest BCUT2D eigenvalue weighted by molar-refractivity contribution is 0.475. The molecule has 1 heterocycles. The monoisotopic (exact) mass is 223 g/mol. The molecule has 3 rings (SSSR count). The van der Waals surface area contributed by atoms with E-state index in [0.29, 0.717) is 5.75 Å². The number of aromatic hydroxyl groups is 1. The van der Waals surface area contributed by atoms with Crippen LogP contribution in [0.2, 0.25) is 0 Å². The summed E-state index contributed by atoms with van der Waals surface area (Å²) >= 11 is 0. The Morgan fingerprint density at radius 3 is 2.47 bits per heavy atom. The van der Waals surface area contributed by atoms with Gasteiger partial charge in [-0.2, -0.15) is 0 Å². The molecule has 2 heteroatoms. The maximum atomic E-state index is 9.33. The minimum atomic E-state index is 0.299. The molecule has 17 heavy (non-hydrogen) atoms. The minimum absolute atomic E-state index is 0.299. The molecular formula is C15H13NO. The molecule has 0 aliphatic heterocycles. The molecule has 0 bridgehead atoms. The van der Waals surface area contributed by atoms with Gasteiger partial charge in [0.2, 0.25) is 0 Å². The number of hydrogen-bond donors (Lipinski definition) is 1. The van der Waals surface area contributed by atoms with Crippen molar-refractivity contribution in [2.24, 2.45) is 7.05 Å². The predicted octanol–water partition coefficient (Wildman–Crippen LogP) is 3.55. The first kappa shape index (κ1) is 9.97. The lowest BCUT2D eigenvalue weighted by Crippen LogP contribution is -1.88. The Labute approximate surface area is 99.7 Å². The zero-order valence-electron chi connectivity index (χ0n) is 9.59. The van der Waals surface area contributed by atoms with Gasteiger partial charge in [0.1, 0.15) is 5.75 Å². The number of phenolic OH excluding ortho intramolecular Hbond substituents is 1. The molecule has 0 saturated carbocycles. The summed E-state index contributed by atoms with van der Waals surface area (Å²) in [5.74, 6) is 0.299. The SMILES string of the molecule is Cn1ccc2cccc(-c3ccc(O)cc3)c21. The Balaban J connectivity index is 2.29. The van der Waals surface area contributed by atoms with Crippen molar-refractivity contribution in [3.8, 4) is 16.9 Å². The second kappa shape index (κ2) is 3.67. The number of rotatable bonds is 1. The molecule has 2 aromatic carbocycles. The second-order valence-electron chi connectivity index (χ2n) is 4.22. The second-order valence-corrected chi connectivity index (χ2v) is 4.22. The first-order chi connectivity index (χ1) is 8.25. The molecule has 0 radical (unpaired) electrons. The Hall–Kier alpha value is -2.22. The zero-order valence-corrected chi connectivity index (χ0v) is 9.59. The standard InChI is InChI=1S/C15H13NO/c1-16-10-9-12-3-2-4-14(15(12)16)11-5-7-13(17)8-6-11/h2-10,17H,1H3. The number of fused-ring (bicyclic) bond motifs is 1. The highest BCUT2D eigenvalue weighted by Gasteiger charge is 2.06.